The van der Waals surface area contributed by atoms with Crippen LogP contribution < -0.4 is 10.6 Å². The normalized spacial score (nSPS) is 14.1. The van der Waals surface area contributed by atoms with Gasteiger partial charge in [0.1, 0.15) is 12.6 Å². The quantitative estimate of drug-likeness (QED) is 0.450. The number of rotatable bonds is 10. The standard InChI is InChI=1S/C24H28N2O6/c1-2-15(13-27)25-23(30)21(11-12-22(28)29)26-24(31)32-14-20-18-9-5-3-7-16(18)17-8-4-6-10-19(17)20/h3-10,15,20-21,27H,2,11-14H2,1H3,(H,25,30)(H,26,31)(H,28,29)/t15-,21?/m1/s1. The Kier molecular flexibility index (Phi) is 7.83. The summed E-state index contributed by atoms with van der Waals surface area (Å²) in [6.07, 6.45) is -0.682. The zero-order valence-corrected chi connectivity index (χ0v) is 17.9. The minimum Gasteiger partial charge on any atom is -0.481 e. The zero-order chi connectivity index (χ0) is 23.1. The molecule has 0 spiro atoms. The molecule has 2 atom stereocenters. The summed E-state index contributed by atoms with van der Waals surface area (Å²) in [7, 11) is 0. The third-order valence-electron chi connectivity index (χ3n) is 5.66. The van der Waals surface area contributed by atoms with Crippen LogP contribution in [0.1, 0.15) is 43.2 Å². The summed E-state index contributed by atoms with van der Waals surface area (Å²) in [6.45, 7) is 1.63. The predicted molar refractivity (Wildman–Crippen MR) is 118 cm³/mol. The van der Waals surface area contributed by atoms with Crippen molar-refractivity contribution in [3.05, 3.63) is 59.7 Å². The lowest BCUT2D eigenvalue weighted by Crippen LogP contribution is -2.50. The highest BCUT2D eigenvalue weighted by Gasteiger charge is 2.30. The number of aliphatic hydroxyl groups is 1. The Morgan fingerprint density at radius 3 is 2.12 bits per heavy atom. The van der Waals surface area contributed by atoms with Gasteiger partial charge < -0.3 is 25.6 Å². The number of ether oxygens (including phenoxy) is 1. The van der Waals surface area contributed by atoms with Gasteiger partial charge in [-0.25, -0.2) is 4.79 Å². The van der Waals surface area contributed by atoms with Crippen LogP contribution in [0.15, 0.2) is 48.5 Å². The molecule has 1 aliphatic carbocycles. The van der Waals surface area contributed by atoms with Gasteiger partial charge in [-0.3, -0.25) is 9.59 Å². The van der Waals surface area contributed by atoms with E-state index in [1.54, 1.807) is 6.92 Å². The molecule has 1 aliphatic rings. The first-order chi connectivity index (χ1) is 15.4. The maximum atomic E-state index is 12.5. The minimum absolute atomic E-state index is 0.0847. The highest BCUT2D eigenvalue weighted by molar-refractivity contribution is 5.86. The number of amides is 2. The van der Waals surface area contributed by atoms with Gasteiger partial charge in [0.15, 0.2) is 0 Å². The van der Waals surface area contributed by atoms with Crippen LogP contribution in [0.3, 0.4) is 0 Å². The third kappa shape index (κ3) is 5.45. The number of carbonyl (C=O) groups is 3. The molecule has 170 valence electrons. The van der Waals surface area contributed by atoms with Crippen LogP contribution >= 0.6 is 0 Å². The molecule has 1 unspecified atom stereocenters. The van der Waals surface area contributed by atoms with Crippen molar-refractivity contribution in [1.82, 2.24) is 10.6 Å². The topological polar surface area (TPSA) is 125 Å². The average molecular weight is 440 g/mol. The second-order valence-electron chi connectivity index (χ2n) is 7.75. The number of alkyl carbamates (subject to hydrolysis) is 1. The fourth-order valence-corrected chi connectivity index (χ4v) is 3.90. The summed E-state index contributed by atoms with van der Waals surface area (Å²) in [5.41, 5.74) is 4.33. The number of carbonyl (C=O) groups excluding carboxylic acids is 2. The number of carboxylic acids is 1. The molecule has 2 amide bonds. The van der Waals surface area contributed by atoms with E-state index in [1.165, 1.54) is 0 Å². The lowest BCUT2D eigenvalue weighted by atomic mass is 9.98. The molecular formula is C24H28N2O6. The number of hydrogen-bond acceptors (Lipinski definition) is 5. The number of nitrogens with one attached hydrogen (secondary N) is 2. The Bertz CT molecular complexity index is 927. The largest absolute Gasteiger partial charge is 0.481 e. The highest BCUT2D eigenvalue weighted by Crippen LogP contribution is 2.44. The lowest BCUT2D eigenvalue weighted by Gasteiger charge is -2.22. The van der Waals surface area contributed by atoms with Crippen molar-refractivity contribution < 1.29 is 29.3 Å². The summed E-state index contributed by atoms with van der Waals surface area (Å²) in [6, 6.07) is 14.3. The number of benzene rings is 2. The fraction of sp³-hybridized carbons (Fsp3) is 0.375. The van der Waals surface area contributed by atoms with E-state index < -0.39 is 30.1 Å². The summed E-state index contributed by atoms with van der Waals surface area (Å²) in [5, 5.41) is 23.4. The van der Waals surface area contributed by atoms with E-state index in [-0.39, 0.29) is 32.0 Å². The van der Waals surface area contributed by atoms with Gasteiger partial charge in [0, 0.05) is 12.3 Å². The Morgan fingerprint density at radius 1 is 1.00 bits per heavy atom. The molecule has 0 heterocycles. The Morgan fingerprint density at radius 2 is 1.59 bits per heavy atom. The van der Waals surface area contributed by atoms with Gasteiger partial charge in [-0.2, -0.15) is 0 Å². The van der Waals surface area contributed by atoms with Gasteiger partial charge >= 0.3 is 12.1 Å². The van der Waals surface area contributed by atoms with Crippen molar-refractivity contribution in [2.24, 2.45) is 0 Å². The molecule has 2 aromatic carbocycles. The molecule has 0 fully saturated rings. The van der Waals surface area contributed by atoms with Crippen LogP contribution in [0.4, 0.5) is 4.79 Å². The van der Waals surface area contributed by atoms with Crippen LogP contribution in [0.2, 0.25) is 0 Å². The second kappa shape index (κ2) is 10.8. The molecule has 0 saturated heterocycles. The summed E-state index contributed by atoms with van der Waals surface area (Å²) >= 11 is 0. The van der Waals surface area contributed by atoms with Crippen molar-refractivity contribution in [1.29, 1.82) is 0 Å². The van der Waals surface area contributed by atoms with E-state index in [1.807, 2.05) is 48.5 Å². The number of aliphatic carboxylic acids is 1. The van der Waals surface area contributed by atoms with Crippen molar-refractivity contribution >= 4 is 18.0 Å². The van der Waals surface area contributed by atoms with Gasteiger partial charge in [0.25, 0.3) is 0 Å². The second-order valence-corrected chi connectivity index (χ2v) is 7.75. The van der Waals surface area contributed by atoms with E-state index >= 15 is 0 Å². The first kappa shape index (κ1) is 23.3. The molecule has 2 aromatic rings. The smallest absolute Gasteiger partial charge is 0.407 e. The first-order valence-corrected chi connectivity index (χ1v) is 10.7. The molecule has 3 rings (SSSR count). The van der Waals surface area contributed by atoms with Crippen molar-refractivity contribution in [3.8, 4) is 11.1 Å². The highest BCUT2D eigenvalue weighted by atomic mass is 16.5. The van der Waals surface area contributed by atoms with Gasteiger partial charge in [0.2, 0.25) is 5.91 Å². The van der Waals surface area contributed by atoms with Gasteiger partial charge in [-0.15, -0.1) is 0 Å². The maximum absolute atomic E-state index is 12.5. The van der Waals surface area contributed by atoms with Crippen LogP contribution in [-0.2, 0) is 14.3 Å². The van der Waals surface area contributed by atoms with E-state index in [0.29, 0.717) is 6.42 Å². The Balaban J connectivity index is 1.66. The number of fused-ring (bicyclic) bond motifs is 3. The summed E-state index contributed by atoms with van der Waals surface area (Å²) < 4.78 is 5.46. The van der Waals surface area contributed by atoms with Crippen molar-refractivity contribution in [2.45, 2.75) is 44.2 Å². The molecule has 0 aromatic heterocycles. The van der Waals surface area contributed by atoms with Crippen LogP contribution in [-0.4, -0.2) is 53.5 Å². The summed E-state index contributed by atoms with van der Waals surface area (Å²) in [4.78, 5) is 36.0. The molecule has 8 nitrogen and oxygen atoms in total. The average Bonchev–Trinajstić information content (AvgIpc) is 3.12. The molecule has 4 N–H and O–H groups in total. The molecule has 0 aliphatic heterocycles. The lowest BCUT2D eigenvalue weighted by molar-refractivity contribution is -0.137. The van der Waals surface area contributed by atoms with Crippen molar-refractivity contribution in [2.75, 3.05) is 13.2 Å². The van der Waals surface area contributed by atoms with Crippen LogP contribution in [0.5, 0.6) is 0 Å². The molecule has 32 heavy (non-hydrogen) atoms. The molecule has 0 bridgehead atoms. The van der Waals surface area contributed by atoms with E-state index in [2.05, 4.69) is 10.6 Å². The molecule has 0 saturated carbocycles. The van der Waals surface area contributed by atoms with Crippen LogP contribution in [0, 0.1) is 0 Å². The van der Waals surface area contributed by atoms with Gasteiger partial charge in [-0.1, -0.05) is 55.5 Å². The molecule has 8 heteroatoms. The Labute approximate surface area is 186 Å². The van der Waals surface area contributed by atoms with E-state index in [4.69, 9.17) is 9.84 Å². The number of hydrogen-bond donors (Lipinski definition) is 4. The van der Waals surface area contributed by atoms with E-state index in [0.717, 1.165) is 22.3 Å². The zero-order valence-electron chi connectivity index (χ0n) is 17.9. The van der Waals surface area contributed by atoms with Gasteiger partial charge in [0.05, 0.1) is 12.6 Å². The minimum atomic E-state index is -1.08. The fourth-order valence-electron chi connectivity index (χ4n) is 3.90. The third-order valence-corrected chi connectivity index (χ3v) is 5.66. The first-order valence-electron chi connectivity index (χ1n) is 10.7. The maximum Gasteiger partial charge on any atom is 0.407 e. The van der Waals surface area contributed by atoms with Gasteiger partial charge in [-0.05, 0) is 35.1 Å². The Hall–Kier alpha value is -3.39. The van der Waals surface area contributed by atoms with E-state index in [9.17, 15) is 19.5 Å². The van der Waals surface area contributed by atoms with Crippen molar-refractivity contribution in [3.63, 3.8) is 0 Å². The van der Waals surface area contributed by atoms with Crippen LogP contribution in [0.25, 0.3) is 11.1 Å². The number of carboxylic acid groups (broad SMARTS) is 1. The predicted octanol–water partition coefficient (Wildman–Crippen LogP) is 2.65. The number of aliphatic hydroxyl groups excluding tert-OH is 1. The SMILES string of the molecule is CC[C@H](CO)NC(=O)C(CCC(=O)O)NC(=O)OCC1c2ccccc2-c2ccccc21. The molecule has 0 radical (unpaired) electrons. The summed E-state index contributed by atoms with van der Waals surface area (Å²) in [5.74, 6) is -1.76. The molecular weight excluding hydrogens is 412 g/mol. The monoisotopic (exact) mass is 440 g/mol.